The molecule has 1 fully saturated rings. The zero-order valence-corrected chi connectivity index (χ0v) is 17.8. The van der Waals surface area contributed by atoms with Gasteiger partial charge in [0.15, 0.2) is 5.69 Å². The molecule has 0 saturated carbocycles. The number of ketones is 2. The van der Waals surface area contributed by atoms with E-state index in [4.69, 9.17) is 0 Å². The molecule has 1 N–H and O–H groups in total. The van der Waals surface area contributed by atoms with E-state index in [9.17, 15) is 14.8 Å². The van der Waals surface area contributed by atoms with Gasteiger partial charge in [-0.05, 0) is 31.9 Å². The highest BCUT2D eigenvalue weighted by Crippen LogP contribution is 2.25. The Morgan fingerprint density at radius 2 is 1.78 bits per heavy atom. The minimum Gasteiger partial charge on any atom is -0.571 e. The zero-order valence-electron chi connectivity index (χ0n) is 17.8. The van der Waals surface area contributed by atoms with Gasteiger partial charge in [0.25, 0.3) is 0 Å². The number of rotatable bonds is 5. The normalized spacial score (nSPS) is 16.2. The van der Waals surface area contributed by atoms with Crippen LogP contribution in [0.3, 0.4) is 0 Å². The monoisotopic (exact) mass is 432 g/mol. The Hall–Kier alpha value is -3.59. The molecule has 0 amide bonds. The Labute approximate surface area is 185 Å². The lowest BCUT2D eigenvalue weighted by atomic mass is 9.90. The number of hydrogen-bond donors (Lipinski definition) is 1. The van der Waals surface area contributed by atoms with Gasteiger partial charge < -0.3 is 15.4 Å². The number of hydrogen-bond acceptors (Lipinski definition) is 7. The van der Waals surface area contributed by atoms with Crippen molar-refractivity contribution >= 4 is 17.4 Å². The van der Waals surface area contributed by atoms with E-state index in [2.05, 4.69) is 20.3 Å². The van der Waals surface area contributed by atoms with Crippen molar-refractivity contribution in [2.75, 3.05) is 24.5 Å². The molecule has 3 heterocycles. The quantitative estimate of drug-likeness (QED) is 0.374. The Kier molecular flexibility index (Phi) is 5.18. The summed E-state index contributed by atoms with van der Waals surface area (Å²) in [7, 11) is 0. The van der Waals surface area contributed by atoms with E-state index >= 15 is 0 Å². The molecule has 0 unspecified atom stereocenters. The number of aromatic nitrogens is 4. The first kappa shape index (κ1) is 20.3. The number of benzene rings is 1. The smallest absolute Gasteiger partial charge is 0.220 e. The maximum atomic E-state index is 13.0. The molecule has 1 aliphatic carbocycles. The second-order valence-corrected chi connectivity index (χ2v) is 8.23. The first-order valence-corrected chi connectivity index (χ1v) is 10.8. The SMILES string of the molecule is Cc1cccc(N2CCC(NCCn3c4c(n[n+]3[O-])C(=O)c3ccccc3C4=O)CC2)n1. The topological polar surface area (TPSA) is 107 Å². The third-order valence-electron chi connectivity index (χ3n) is 6.17. The van der Waals surface area contributed by atoms with Crippen LogP contribution in [-0.4, -0.2) is 52.0 Å². The standard InChI is InChI=1S/C23H24N6O3/c1-15-5-4-8-19(25-15)27-12-9-16(10-13-27)24-11-14-28-21-20(26-29(28)32)22(30)17-6-2-3-7-18(17)23(21)31/h2-8,16,24H,9-14H2,1H3. The molecule has 2 aromatic heterocycles. The maximum Gasteiger partial charge on any atom is 0.220 e. The van der Waals surface area contributed by atoms with Crippen LogP contribution in [0.2, 0.25) is 0 Å². The number of piperidine rings is 1. The Balaban J connectivity index is 1.22. The van der Waals surface area contributed by atoms with E-state index in [0.717, 1.165) is 37.4 Å². The molecule has 9 heteroatoms. The summed E-state index contributed by atoms with van der Waals surface area (Å²) in [5.41, 5.74) is 1.63. The minimum absolute atomic E-state index is 0.0670. The highest BCUT2D eigenvalue weighted by Gasteiger charge is 2.39. The van der Waals surface area contributed by atoms with Crippen molar-refractivity contribution in [1.29, 1.82) is 0 Å². The molecule has 32 heavy (non-hydrogen) atoms. The van der Waals surface area contributed by atoms with E-state index in [0.29, 0.717) is 28.7 Å². The third-order valence-corrected chi connectivity index (χ3v) is 6.17. The van der Waals surface area contributed by atoms with Crippen LogP contribution in [0, 0.1) is 12.1 Å². The van der Waals surface area contributed by atoms with Crippen LogP contribution in [0.15, 0.2) is 42.5 Å². The molecule has 2 aliphatic rings. The van der Waals surface area contributed by atoms with Crippen molar-refractivity contribution < 1.29 is 14.5 Å². The van der Waals surface area contributed by atoms with Gasteiger partial charge in [-0.3, -0.25) is 9.59 Å². The Morgan fingerprint density at radius 3 is 2.50 bits per heavy atom. The number of anilines is 1. The number of carbonyl (C=O) groups is 2. The van der Waals surface area contributed by atoms with Crippen molar-refractivity contribution in [3.63, 3.8) is 0 Å². The highest BCUT2D eigenvalue weighted by atomic mass is 16.5. The molecule has 1 aromatic carbocycles. The molecule has 3 aromatic rings. The van der Waals surface area contributed by atoms with E-state index in [1.54, 1.807) is 24.3 Å². The molecule has 164 valence electrons. The second-order valence-electron chi connectivity index (χ2n) is 8.23. The lowest BCUT2D eigenvalue weighted by molar-refractivity contribution is -0.749. The van der Waals surface area contributed by atoms with Gasteiger partial charge in [-0.15, -0.1) is 4.68 Å². The predicted octanol–water partition coefficient (Wildman–Crippen LogP) is 1.25. The molecule has 5 rings (SSSR count). The largest absolute Gasteiger partial charge is 0.571 e. The first-order chi connectivity index (χ1) is 15.5. The number of nitrogens with zero attached hydrogens (tertiary/aromatic N) is 5. The first-order valence-electron chi connectivity index (χ1n) is 10.8. The fourth-order valence-electron chi connectivity index (χ4n) is 4.50. The average molecular weight is 432 g/mol. The summed E-state index contributed by atoms with van der Waals surface area (Å²) in [5.74, 6) is 0.282. The van der Waals surface area contributed by atoms with Crippen LogP contribution in [-0.2, 0) is 6.54 Å². The van der Waals surface area contributed by atoms with Crippen molar-refractivity contribution in [3.05, 3.63) is 75.9 Å². The van der Waals surface area contributed by atoms with E-state index in [1.165, 1.54) is 4.68 Å². The molecule has 0 radical (unpaired) electrons. The fraction of sp³-hybridized carbons (Fsp3) is 0.348. The number of pyridine rings is 1. The van der Waals surface area contributed by atoms with Crippen molar-refractivity contribution in [1.82, 2.24) is 20.1 Å². The van der Waals surface area contributed by atoms with E-state index in [1.807, 2.05) is 25.1 Å². The Bertz CT molecular complexity index is 1200. The molecule has 0 bridgehead atoms. The van der Waals surface area contributed by atoms with Crippen molar-refractivity contribution in [2.24, 2.45) is 0 Å². The second kappa shape index (κ2) is 8.16. The van der Waals surface area contributed by atoms with Crippen LogP contribution in [0.1, 0.15) is 50.6 Å². The number of nitrogens with one attached hydrogen (secondary N) is 1. The summed E-state index contributed by atoms with van der Waals surface area (Å²) in [6.45, 7) is 4.56. The minimum atomic E-state index is -0.386. The van der Waals surface area contributed by atoms with Crippen molar-refractivity contribution in [3.8, 4) is 0 Å². The van der Waals surface area contributed by atoms with E-state index < -0.39 is 0 Å². The molecule has 0 spiro atoms. The summed E-state index contributed by atoms with van der Waals surface area (Å²) >= 11 is 0. The maximum absolute atomic E-state index is 13.0. The third kappa shape index (κ3) is 3.54. The van der Waals surface area contributed by atoms with Gasteiger partial charge in [0.2, 0.25) is 17.3 Å². The number of fused-ring (bicyclic) bond motifs is 2. The molecule has 1 saturated heterocycles. The summed E-state index contributed by atoms with van der Waals surface area (Å²) in [5, 5.41) is 19.7. The van der Waals surface area contributed by atoms with Crippen LogP contribution in [0.4, 0.5) is 5.82 Å². The summed E-state index contributed by atoms with van der Waals surface area (Å²) in [4.78, 5) is 32.9. The van der Waals surface area contributed by atoms with Gasteiger partial charge in [-0.25, -0.2) is 4.98 Å². The lowest BCUT2D eigenvalue weighted by Crippen LogP contribution is -2.46. The van der Waals surface area contributed by atoms with Gasteiger partial charge in [-0.2, -0.15) is 0 Å². The molecule has 0 atom stereocenters. The Morgan fingerprint density at radius 1 is 1.06 bits per heavy atom. The van der Waals surface area contributed by atoms with Crippen molar-refractivity contribution in [2.45, 2.75) is 32.4 Å². The van der Waals surface area contributed by atoms with Crippen LogP contribution < -0.4 is 15.2 Å². The van der Waals surface area contributed by atoms with E-state index in [-0.39, 0.29) is 29.5 Å². The van der Waals surface area contributed by atoms with Crippen LogP contribution in [0.5, 0.6) is 0 Å². The highest BCUT2D eigenvalue weighted by molar-refractivity contribution is 6.26. The molecule has 1 aliphatic heterocycles. The van der Waals surface area contributed by atoms with Gasteiger partial charge in [-0.1, -0.05) is 30.3 Å². The fourth-order valence-corrected chi connectivity index (χ4v) is 4.50. The van der Waals surface area contributed by atoms with Crippen LogP contribution in [0.25, 0.3) is 0 Å². The summed E-state index contributed by atoms with van der Waals surface area (Å²) < 4.78 is 1.25. The van der Waals surface area contributed by atoms with Gasteiger partial charge in [0.1, 0.15) is 5.82 Å². The molecular formula is C23H24N6O3. The number of carbonyl (C=O) groups excluding carboxylic acids is 2. The molecular weight excluding hydrogens is 408 g/mol. The lowest BCUT2D eigenvalue weighted by Gasteiger charge is -2.33. The summed E-state index contributed by atoms with van der Waals surface area (Å²) in [6, 6.07) is 13.0. The molecule has 9 nitrogen and oxygen atoms in total. The predicted molar refractivity (Wildman–Crippen MR) is 117 cm³/mol. The zero-order chi connectivity index (χ0) is 22.2. The summed E-state index contributed by atoms with van der Waals surface area (Å²) in [6.07, 6.45) is 1.92. The van der Waals surface area contributed by atoms with Gasteiger partial charge >= 0.3 is 0 Å². The van der Waals surface area contributed by atoms with Crippen LogP contribution >= 0.6 is 0 Å². The number of aryl methyl sites for hydroxylation is 1. The van der Waals surface area contributed by atoms with Gasteiger partial charge in [0, 0.05) is 52.6 Å². The van der Waals surface area contributed by atoms with Gasteiger partial charge in [0.05, 0.1) is 6.54 Å². The average Bonchev–Trinajstić information content (AvgIpc) is 3.14.